The smallest absolute Gasteiger partial charge is 0.337 e. The third kappa shape index (κ3) is 7.68. The number of ether oxygens (including phenoxy) is 4. The number of hydrogen-bond donors (Lipinski definition) is 2. The van der Waals surface area contributed by atoms with Crippen LogP contribution in [-0.2, 0) is 20.7 Å². The van der Waals surface area contributed by atoms with Crippen LogP contribution in [0.3, 0.4) is 0 Å². The molecule has 0 aromatic heterocycles. The molecule has 0 spiro atoms. The fourth-order valence-corrected chi connectivity index (χ4v) is 4.75. The van der Waals surface area contributed by atoms with Crippen LogP contribution in [0.25, 0.3) is 0 Å². The molecule has 2 atom stereocenters. The van der Waals surface area contributed by atoms with E-state index in [1.54, 1.807) is 78.7 Å². The third-order valence-corrected chi connectivity index (χ3v) is 7.07. The zero-order valence-electron chi connectivity index (χ0n) is 23.0. The molecule has 216 valence electrons. The number of urea groups is 1. The normalized spacial score (nSPS) is 16.1. The monoisotopic (exact) mass is 581 g/mol. The largest absolute Gasteiger partial charge is 0.495 e. The van der Waals surface area contributed by atoms with Crippen molar-refractivity contribution in [2.45, 2.75) is 25.0 Å². The second kappa shape index (κ2) is 13.9. The third-order valence-electron chi connectivity index (χ3n) is 6.74. The number of halogens is 1. The number of carbonyl (C=O) groups excluding carboxylic acids is 3. The number of benzene rings is 3. The molecule has 10 nitrogen and oxygen atoms in total. The van der Waals surface area contributed by atoms with Crippen molar-refractivity contribution in [2.75, 3.05) is 45.1 Å². The summed E-state index contributed by atoms with van der Waals surface area (Å²) in [5.74, 6) is 0.486. The van der Waals surface area contributed by atoms with E-state index in [4.69, 9.17) is 30.5 Å². The van der Waals surface area contributed by atoms with Crippen LogP contribution in [0.4, 0.5) is 16.2 Å². The van der Waals surface area contributed by atoms with Crippen LogP contribution >= 0.6 is 11.6 Å². The van der Waals surface area contributed by atoms with Crippen molar-refractivity contribution in [3.63, 3.8) is 0 Å². The molecule has 11 heteroatoms. The number of likely N-dealkylation sites (tertiary alicyclic amines) is 1. The molecule has 1 heterocycles. The highest BCUT2D eigenvalue weighted by Gasteiger charge is 2.35. The van der Waals surface area contributed by atoms with Gasteiger partial charge in [0.15, 0.2) is 0 Å². The summed E-state index contributed by atoms with van der Waals surface area (Å²) in [5.41, 5.74) is 2.07. The molecule has 0 saturated carbocycles. The number of anilines is 2. The molecule has 0 aliphatic carbocycles. The van der Waals surface area contributed by atoms with Crippen LogP contribution in [0, 0.1) is 0 Å². The van der Waals surface area contributed by atoms with Crippen molar-refractivity contribution in [3.8, 4) is 11.5 Å². The first-order chi connectivity index (χ1) is 19.8. The van der Waals surface area contributed by atoms with E-state index in [0.717, 1.165) is 5.56 Å². The number of para-hydroxylation sites is 1. The quantitative estimate of drug-likeness (QED) is 0.323. The van der Waals surface area contributed by atoms with E-state index in [1.807, 2.05) is 0 Å². The fourth-order valence-electron chi connectivity index (χ4n) is 4.57. The van der Waals surface area contributed by atoms with Crippen LogP contribution < -0.4 is 20.1 Å². The topological polar surface area (TPSA) is 115 Å². The van der Waals surface area contributed by atoms with Crippen LogP contribution in [0.15, 0.2) is 66.7 Å². The maximum absolute atomic E-state index is 13.4. The van der Waals surface area contributed by atoms with Gasteiger partial charge in [-0.1, -0.05) is 29.8 Å². The average Bonchev–Trinajstić information content (AvgIpc) is 3.41. The number of carbonyl (C=O) groups is 3. The number of methoxy groups -OCH3 is 3. The number of amides is 3. The number of nitrogens with zero attached hydrogens (tertiary/aromatic N) is 1. The highest BCUT2D eigenvalue weighted by molar-refractivity contribution is 6.33. The second-order valence-electron chi connectivity index (χ2n) is 9.39. The summed E-state index contributed by atoms with van der Waals surface area (Å²) in [7, 11) is 4.45. The molecule has 41 heavy (non-hydrogen) atoms. The van der Waals surface area contributed by atoms with Gasteiger partial charge < -0.3 is 34.5 Å². The molecule has 2 N–H and O–H groups in total. The molecule has 1 saturated heterocycles. The Kier molecular flexibility index (Phi) is 10.0. The minimum Gasteiger partial charge on any atom is -0.495 e. The van der Waals surface area contributed by atoms with E-state index in [-0.39, 0.29) is 31.1 Å². The summed E-state index contributed by atoms with van der Waals surface area (Å²) in [6.45, 7) is 0.722. The summed E-state index contributed by atoms with van der Waals surface area (Å²) in [6.07, 6.45) is 0.658. The minimum atomic E-state index is -0.481. The summed E-state index contributed by atoms with van der Waals surface area (Å²) < 4.78 is 21.7. The van der Waals surface area contributed by atoms with Gasteiger partial charge in [-0.25, -0.2) is 9.59 Å². The Labute approximate surface area is 243 Å². The number of hydrogen-bond acceptors (Lipinski definition) is 7. The van der Waals surface area contributed by atoms with Gasteiger partial charge in [0.1, 0.15) is 18.1 Å². The van der Waals surface area contributed by atoms with Crippen molar-refractivity contribution in [1.82, 2.24) is 4.90 Å². The van der Waals surface area contributed by atoms with E-state index < -0.39 is 12.0 Å². The van der Waals surface area contributed by atoms with Crippen molar-refractivity contribution < 1.29 is 33.3 Å². The molecule has 0 bridgehead atoms. The Morgan fingerprint density at radius 1 is 0.951 bits per heavy atom. The maximum Gasteiger partial charge on any atom is 0.337 e. The predicted molar refractivity (Wildman–Crippen MR) is 155 cm³/mol. The Morgan fingerprint density at radius 3 is 2.37 bits per heavy atom. The van der Waals surface area contributed by atoms with Gasteiger partial charge in [0.25, 0.3) is 0 Å². The molecular weight excluding hydrogens is 550 g/mol. The van der Waals surface area contributed by atoms with Gasteiger partial charge in [-0.05, 0) is 60.5 Å². The molecule has 1 aliphatic rings. The second-order valence-corrected chi connectivity index (χ2v) is 9.80. The maximum atomic E-state index is 13.4. The van der Waals surface area contributed by atoms with Gasteiger partial charge in [0.2, 0.25) is 5.91 Å². The molecule has 1 aliphatic heterocycles. The summed E-state index contributed by atoms with van der Waals surface area (Å²) >= 11 is 6.12. The number of nitrogens with one attached hydrogen (secondary N) is 2. The van der Waals surface area contributed by atoms with E-state index in [0.29, 0.717) is 46.4 Å². The zero-order chi connectivity index (χ0) is 29.4. The average molecular weight is 582 g/mol. The summed E-state index contributed by atoms with van der Waals surface area (Å²) in [5, 5.41) is 5.87. The first-order valence-electron chi connectivity index (χ1n) is 12.9. The molecule has 4 rings (SSSR count). The first kappa shape index (κ1) is 29.7. The van der Waals surface area contributed by atoms with Crippen molar-refractivity contribution in [2.24, 2.45) is 0 Å². The van der Waals surface area contributed by atoms with Gasteiger partial charge in [0, 0.05) is 13.7 Å². The van der Waals surface area contributed by atoms with Crippen LogP contribution in [0.5, 0.6) is 11.5 Å². The van der Waals surface area contributed by atoms with Crippen LogP contribution in [0.2, 0.25) is 5.02 Å². The lowest BCUT2D eigenvalue weighted by Gasteiger charge is -2.25. The highest BCUT2D eigenvalue weighted by Crippen LogP contribution is 2.28. The SMILES string of the molecule is COC(=O)c1ccc(OC[C@@H]2C[C@H](OC)CN2C(=O)Cc2ccc(NC(=O)Nc3ccccc3Cl)c(OC)c2)cc1. The van der Waals surface area contributed by atoms with Crippen LogP contribution in [0.1, 0.15) is 22.3 Å². The number of rotatable bonds is 10. The van der Waals surface area contributed by atoms with E-state index in [1.165, 1.54) is 14.2 Å². The van der Waals surface area contributed by atoms with Gasteiger partial charge in [-0.2, -0.15) is 0 Å². The Balaban J connectivity index is 1.38. The fraction of sp³-hybridized carbons (Fsp3) is 0.300. The highest BCUT2D eigenvalue weighted by atomic mass is 35.5. The molecule has 3 aromatic rings. The van der Waals surface area contributed by atoms with E-state index in [9.17, 15) is 14.4 Å². The lowest BCUT2D eigenvalue weighted by atomic mass is 10.1. The number of esters is 1. The zero-order valence-corrected chi connectivity index (χ0v) is 23.8. The Morgan fingerprint density at radius 2 is 1.68 bits per heavy atom. The Hall–Kier alpha value is -4.28. The Bertz CT molecular complexity index is 1380. The molecule has 0 unspecified atom stereocenters. The lowest BCUT2D eigenvalue weighted by Crippen LogP contribution is -2.40. The minimum absolute atomic E-state index is 0.0848. The molecular formula is C30H32ClN3O7. The van der Waals surface area contributed by atoms with Gasteiger partial charge in [-0.15, -0.1) is 0 Å². The summed E-state index contributed by atoms with van der Waals surface area (Å²) in [6, 6.07) is 18.1. The van der Waals surface area contributed by atoms with E-state index >= 15 is 0 Å². The summed E-state index contributed by atoms with van der Waals surface area (Å²) in [4.78, 5) is 39.3. The standard InChI is InChI=1S/C30H32ClN3O7/c1-38-23-16-21(18-41-22-11-9-20(10-12-22)29(36)40-3)34(17-23)28(35)15-19-8-13-26(27(14-19)39-2)33-30(37)32-25-7-5-4-6-24(25)31/h4-14,21,23H,15-18H2,1-3H3,(H2,32,33,37)/t21-,23-/m0/s1. The first-order valence-corrected chi connectivity index (χ1v) is 13.3. The molecule has 0 radical (unpaired) electrons. The van der Waals surface area contributed by atoms with Gasteiger partial charge in [-0.3, -0.25) is 4.79 Å². The van der Waals surface area contributed by atoms with Gasteiger partial charge >= 0.3 is 12.0 Å². The van der Waals surface area contributed by atoms with E-state index in [2.05, 4.69) is 10.6 Å². The molecule has 3 amide bonds. The van der Waals surface area contributed by atoms with Crippen molar-refractivity contribution >= 4 is 40.9 Å². The van der Waals surface area contributed by atoms with Crippen molar-refractivity contribution in [1.29, 1.82) is 0 Å². The lowest BCUT2D eigenvalue weighted by molar-refractivity contribution is -0.132. The van der Waals surface area contributed by atoms with Crippen molar-refractivity contribution in [3.05, 3.63) is 82.9 Å². The van der Waals surface area contributed by atoms with Crippen LogP contribution in [-0.4, -0.2) is 69.4 Å². The van der Waals surface area contributed by atoms with Gasteiger partial charge in [0.05, 0.1) is 54.7 Å². The molecule has 1 fully saturated rings. The predicted octanol–water partition coefficient (Wildman–Crippen LogP) is 5.02. The molecule has 3 aromatic carbocycles.